The van der Waals surface area contributed by atoms with E-state index in [1.165, 1.54) is 0 Å². The van der Waals surface area contributed by atoms with Crippen molar-refractivity contribution >= 4 is 5.91 Å². The van der Waals surface area contributed by atoms with Crippen molar-refractivity contribution in [1.82, 2.24) is 4.90 Å². The van der Waals surface area contributed by atoms with Gasteiger partial charge in [0.1, 0.15) is 0 Å². The number of aliphatic hydroxyl groups is 1. The molecule has 4 nitrogen and oxygen atoms in total. The van der Waals surface area contributed by atoms with Gasteiger partial charge in [0.05, 0.1) is 5.60 Å². The van der Waals surface area contributed by atoms with Crippen molar-refractivity contribution in [2.24, 2.45) is 5.73 Å². The van der Waals surface area contributed by atoms with Crippen LogP contribution in [0.15, 0.2) is 0 Å². The van der Waals surface area contributed by atoms with E-state index in [1.807, 2.05) is 18.7 Å². The van der Waals surface area contributed by atoms with Crippen molar-refractivity contribution in [3.05, 3.63) is 0 Å². The molecule has 94 valence electrons. The molecule has 1 aliphatic rings. The van der Waals surface area contributed by atoms with Crippen LogP contribution in [0, 0.1) is 0 Å². The van der Waals surface area contributed by atoms with E-state index in [-0.39, 0.29) is 11.9 Å². The Morgan fingerprint density at radius 3 is 2.81 bits per heavy atom. The van der Waals surface area contributed by atoms with E-state index in [0.29, 0.717) is 19.4 Å². The lowest BCUT2D eigenvalue weighted by Crippen LogP contribution is -2.34. The first kappa shape index (κ1) is 13.5. The highest BCUT2D eigenvalue weighted by molar-refractivity contribution is 5.76. The van der Waals surface area contributed by atoms with Crippen molar-refractivity contribution < 1.29 is 9.90 Å². The van der Waals surface area contributed by atoms with E-state index in [2.05, 4.69) is 0 Å². The zero-order chi connectivity index (χ0) is 12.2. The number of likely N-dealkylation sites (tertiary alicyclic amines) is 1. The lowest BCUT2D eigenvalue weighted by Gasteiger charge is -2.22. The molecule has 4 heteroatoms. The van der Waals surface area contributed by atoms with Gasteiger partial charge in [0.2, 0.25) is 5.91 Å². The van der Waals surface area contributed by atoms with Gasteiger partial charge in [-0.25, -0.2) is 0 Å². The number of rotatable bonds is 3. The van der Waals surface area contributed by atoms with Crippen molar-refractivity contribution in [2.75, 3.05) is 13.1 Å². The molecule has 1 heterocycles. The fraction of sp³-hybridized carbons (Fsp3) is 0.917. The summed E-state index contributed by atoms with van der Waals surface area (Å²) in [6.45, 7) is 5.21. The second-order valence-corrected chi connectivity index (χ2v) is 5.25. The molecule has 0 aliphatic carbocycles. The Balaban J connectivity index is 2.39. The largest absolute Gasteiger partial charge is 0.390 e. The molecule has 2 atom stereocenters. The maximum absolute atomic E-state index is 11.9. The Bertz CT molecular complexity index is 239. The van der Waals surface area contributed by atoms with E-state index in [0.717, 1.165) is 25.8 Å². The predicted molar refractivity (Wildman–Crippen MR) is 63.9 cm³/mol. The third-order valence-electron chi connectivity index (χ3n) is 3.23. The number of carbonyl (C=O) groups excluding carboxylic acids is 1. The molecule has 1 saturated heterocycles. The molecular weight excluding hydrogens is 204 g/mol. The van der Waals surface area contributed by atoms with Crippen LogP contribution in [-0.2, 0) is 4.79 Å². The highest BCUT2D eigenvalue weighted by Gasteiger charge is 2.26. The molecule has 1 rings (SSSR count). The maximum Gasteiger partial charge on any atom is 0.222 e. The zero-order valence-electron chi connectivity index (χ0n) is 10.4. The van der Waals surface area contributed by atoms with Crippen LogP contribution in [0.25, 0.3) is 0 Å². The molecular formula is C12H24N2O2. The molecule has 1 fully saturated rings. The summed E-state index contributed by atoms with van der Waals surface area (Å²) >= 11 is 0. The number of carbonyl (C=O) groups is 1. The average Bonchev–Trinajstić information content (AvgIpc) is 2.35. The second-order valence-electron chi connectivity index (χ2n) is 5.25. The Morgan fingerprint density at radius 1 is 1.50 bits per heavy atom. The van der Waals surface area contributed by atoms with E-state index in [1.54, 1.807) is 0 Å². The molecule has 0 aromatic rings. The van der Waals surface area contributed by atoms with Gasteiger partial charge in [0.25, 0.3) is 0 Å². The second kappa shape index (κ2) is 5.64. The van der Waals surface area contributed by atoms with Gasteiger partial charge >= 0.3 is 0 Å². The molecule has 0 saturated carbocycles. The Kier molecular flexibility index (Phi) is 4.74. The Labute approximate surface area is 97.8 Å². The summed E-state index contributed by atoms with van der Waals surface area (Å²) in [4.78, 5) is 13.7. The number of nitrogens with zero attached hydrogens (tertiary/aromatic N) is 1. The summed E-state index contributed by atoms with van der Waals surface area (Å²) in [5.74, 6) is 0.176. The van der Waals surface area contributed by atoms with Gasteiger partial charge in [-0.3, -0.25) is 4.79 Å². The highest BCUT2D eigenvalue weighted by atomic mass is 16.3. The lowest BCUT2D eigenvalue weighted by atomic mass is 9.98. The molecule has 1 aliphatic heterocycles. The lowest BCUT2D eigenvalue weighted by molar-refractivity contribution is -0.131. The third kappa shape index (κ3) is 4.49. The van der Waals surface area contributed by atoms with Crippen LogP contribution >= 0.6 is 0 Å². The number of nitrogens with two attached hydrogens (primary N) is 1. The van der Waals surface area contributed by atoms with Crippen molar-refractivity contribution in [3.63, 3.8) is 0 Å². The van der Waals surface area contributed by atoms with E-state index < -0.39 is 5.60 Å². The average molecular weight is 228 g/mol. The normalized spacial score (nSPS) is 28.6. The number of hydrogen-bond acceptors (Lipinski definition) is 3. The van der Waals surface area contributed by atoms with Gasteiger partial charge in [-0.1, -0.05) is 0 Å². The summed E-state index contributed by atoms with van der Waals surface area (Å²) < 4.78 is 0. The molecule has 0 radical (unpaired) electrons. The van der Waals surface area contributed by atoms with Gasteiger partial charge in [0, 0.05) is 25.6 Å². The quantitative estimate of drug-likeness (QED) is 0.753. The zero-order valence-corrected chi connectivity index (χ0v) is 10.4. The standard InChI is InChI=1S/C12H24N2O2/c1-10(13)4-5-11(15)14-8-3-6-12(2,16)7-9-14/h10,16H,3-9,13H2,1-2H3. The van der Waals surface area contributed by atoms with Crippen LogP contribution in [-0.4, -0.2) is 40.6 Å². The highest BCUT2D eigenvalue weighted by Crippen LogP contribution is 2.21. The van der Waals surface area contributed by atoms with Crippen LogP contribution in [0.5, 0.6) is 0 Å². The van der Waals surface area contributed by atoms with Gasteiger partial charge in [0.15, 0.2) is 0 Å². The summed E-state index contributed by atoms with van der Waals surface area (Å²) in [6.07, 6.45) is 3.61. The van der Waals surface area contributed by atoms with Crippen LogP contribution < -0.4 is 5.73 Å². The summed E-state index contributed by atoms with van der Waals surface area (Å²) in [7, 11) is 0. The fourth-order valence-corrected chi connectivity index (χ4v) is 2.02. The maximum atomic E-state index is 11.9. The minimum absolute atomic E-state index is 0.0824. The minimum atomic E-state index is -0.601. The Morgan fingerprint density at radius 2 is 2.19 bits per heavy atom. The number of hydrogen-bond donors (Lipinski definition) is 2. The molecule has 1 amide bonds. The van der Waals surface area contributed by atoms with E-state index in [4.69, 9.17) is 5.73 Å². The topological polar surface area (TPSA) is 66.6 Å². The molecule has 0 aromatic heterocycles. The smallest absolute Gasteiger partial charge is 0.222 e. The predicted octanol–water partition coefficient (Wildman–Crippen LogP) is 0.877. The molecule has 0 bridgehead atoms. The Hall–Kier alpha value is -0.610. The number of amides is 1. The SMILES string of the molecule is CC(N)CCC(=O)N1CCCC(C)(O)CC1. The monoisotopic (exact) mass is 228 g/mol. The minimum Gasteiger partial charge on any atom is -0.390 e. The van der Waals surface area contributed by atoms with E-state index in [9.17, 15) is 9.90 Å². The van der Waals surface area contributed by atoms with E-state index >= 15 is 0 Å². The molecule has 2 unspecified atom stereocenters. The first-order valence-electron chi connectivity index (χ1n) is 6.16. The summed E-state index contributed by atoms with van der Waals surface area (Å²) in [5.41, 5.74) is 5.03. The van der Waals surface area contributed by atoms with Gasteiger partial charge in [-0.15, -0.1) is 0 Å². The first-order valence-corrected chi connectivity index (χ1v) is 6.16. The van der Waals surface area contributed by atoms with Gasteiger partial charge < -0.3 is 15.7 Å². The summed E-state index contributed by atoms with van der Waals surface area (Å²) in [5, 5.41) is 9.91. The van der Waals surface area contributed by atoms with Crippen molar-refractivity contribution in [3.8, 4) is 0 Å². The van der Waals surface area contributed by atoms with Crippen molar-refractivity contribution in [1.29, 1.82) is 0 Å². The molecule has 16 heavy (non-hydrogen) atoms. The van der Waals surface area contributed by atoms with Gasteiger partial charge in [-0.2, -0.15) is 0 Å². The van der Waals surface area contributed by atoms with Crippen LogP contribution in [0.1, 0.15) is 46.0 Å². The molecule has 0 spiro atoms. The first-order chi connectivity index (χ1) is 7.41. The fourth-order valence-electron chi connectivity index (χ4n) is 2.02. The van der Waals surface area contributed by atoms with Crippen molar-refractivity contribution in [2.45, 2.75) is 57.6 Å². The molecule has 0 aromatic carbocycles. The van der Waals surface area contributed by atoms with Crippen LogP contribution in [0.2, 0.25) is 0 Å². The van der Waals surface area contributed by atoms with Gasteiger partial charge in [-0.05, 0) is 39.5 Å². The summed E-state index contributed by atoms with van der Waals surface area (Å²) in [6, 6.07) is 0.0824. The molecule has 3 N–H and O–H groups in total. The van der Waals surface area contributed by atoms with Crippen LogP contribution in [0.3, 0.4) is 0 Å². The third-order valence-corrected chi connectivity index (χ3v) is 3.23. The van der Waals surface area contributed by atoms with Crippen LogP contribution in [0.4, 0.5) is 0 Å².